The van der Waals surface area contributed by atoms with Crippen LogP contribution < -0.4 is 15.0 Å². The number of anilines is 6. The van der Waals surface area contributed by atoms with E-state index in [1.807, 2.05) is 0 Å². The van der Waals surface area contributed by atoms with Gasteiger partial charge < -0.3 is 9.80 Å². The molecule has 0 amide bonds. The molecule has 9 rings (SSSR count). The third kappa shape index (κ3) is 5.54. The third-order valence-corrected chi connectivity index (χ3v) is 13.4. The van der Waals surface area contributed by atoms with Gasteiger partial charge in [0.05, 0.1) is 19.4 Å². The summed E-state index contributed by atoms with van der Waals surface area (Å²) in [6, 6.07) is 62.9. The average molecular weight is 715 g/mol. The molecular weight excluding hydrogens is 669 g/mol. The maximum atomic E-state index is 2.53. The van der Waals surface area contributed by atoms with Crippen LogP contribution in [0.2, 0.25) is 19.6 Å². The molecule has 0 aliphatic heterocycles. The van der Waals surface area contributed by atoms with E-state index in [4.69, 9.17) is 0 Å². The van der Waals surface area contributed by atoms with Gasteiger partial charge in [-0.3, -0.25) is 0 Å². The smallest absolute Gasteiger partial charge is 0.0784 e. The summed E-state index contributed by atoms with van der Waals surface area (Å²) in [4.78, 5) is 4.90. The molecule has 1 aliphatic rings. The van der Waals surface area contributed by atoms with Crippen molar-refractivity contribution in [2.45, 2.75) is 45.8 Å². The first kappa shape index (κ1) is 33.9. The van der Waals surface area contributed by atoms with Crippen molar-refractivity contribution in [3.05, 3.63) is 187 Å². The van der Waals surface area contributed by atoms with Gasteiger partial charge in [-0.2, -0.15) is 0 Å². The second kappa shape index (κ2) is 12.9. The molecule has 0 saturated carbocycles. The molecule has 0 spiro atoms. The summed E-state index contributed by atoms with van der Waals surface area (Å²) < 4.78 is 0. The first-order valence-corrected chi connectivity index (χ1v) is 22.6. The standard InChI is InChI=1S/C51H46N2Si/c1-35-18-17-23-38(32-35)53(47-30-31-49(54(4,5)6)42-26-15-13-24-40(42)47)48-34-46-50(43-27-16-14-25-41(43)48)44-29-28-39(33-45(44)51(46,2)3)52(36-19-9-7-10-20-36)37-21-11-8-12-22-37/h7-34H,1-6H3. The molecule has 264 valence electrons. The highest BCUT2D eigenvalue weighted by Gasteiger charge is 2.39. The van der Waals surface area contributed by atoms with Gasteiger partial charge in [-0.1, -0.05) is 148 Å². The van der Waals surface area contributed by atoms with Crippen LogP contribution in [0.25, 0.3) is 32.7 Å². The van der Waals surface area contributed by atoms with Crippen molar-refractivity contribution in [2.24, 2.45) is 0 Å². The predicted molar refractivity (Wildman–Crippen MR) is 236 cm³/mol. The van der Waals surface area contributed by atoms with Gasteiger partial charge in [-0.25, -0.2) is 0 Å². The second-order valence-corrected chi connectivity index (χ2v) is 21.4. The molecular formula is C51H46N2Si. The summed E-state index contributed by atoms with van der Waals surface area (Å²) in [5.41, 5.74) is 13.4. The number of benzene rings is 8. The van der Waals surface area contributed by atoms with E-state index in [1.54, 1.807) is 0 Å². The van der Waals surface area contributed by atoms with Crippen molar-refractivity contribution in [3.8, 4) is 11.1 Å². The van der Waals surface area contributed by atoms with Crippen LogP contribution in [-0.4, -0.2) is 8.07 Å². The van der Waals surface area contributed by atoms with E-state index in [1.165, 1.54) is 71.6 Å². The lowest BCUT2D eigenvalue weighted by molar-refractivity contribution is 0.661. The molecule has 2 nitrogen and oxygen atoms in total. The molecule has 0 fully saturated rings. The van der Waals surface area contributed by atoms with Crippen LogP contribution in [0.3, 0.4) is 0 Å². The van der Waals surface area contributed by atoms with E-state index in [9.17, 15) is 0 Å². The molecule has 0 bridgehead atoms. The fourth-order valence-electron chi connectivity index (χ4n) is 8.78. The van der Waals surface area contributed by atoms with E-state index in [-0.39, 0.29) is 5.41 Å². The Morgan fingerprint density at radius 2 is 0.981 bits per heavy atom. The first-order valence-electron chi connectivity index (χ1n) is 19.1. The average Bonchev–Trinajstić information content (AvgIpc) is 3.41. The van der Waals surface area contributed by atoms with Crippen molar-refractivity contribution in [2.75, 3.05) is 9.80 Å². The van der Waals surface area contributed by atoms with Crippen LogP contribution in [0.5, 0.6) is 0 Å². The van der Waals surface area contributed by atoms with Gasteiger partial charge >= 0.3 is 0 Å². The molecule has 0 N–H and O–H groups in total. The number of nitrogens with zero attached hydrogens (tertiary/aromatic N) is 2. The quantitative estimate of drug-likeness (QED) is 0.152. The summed E-state index contributed by atoms with van der Waals surface area (Å²) in [6.07, 6.45) is 0. The maximum absolute atomic E-state index is 2.53. The molecule has 8 aromatic rings. The topological polar surface area (TPSA) is 6.48 Å². The fourth-order valence-corrected chi connectivity index (χ4v) is 10.4. The van der Waals surface area contributed by atoms with Gasteiger partial charge in [0, 0.05) is 38.9 Å². The number of fused-ring (bicyclic) bond motifs is 6. The molecule has 0 unspecified atom stereocenters. The Morgan fingerprint density at radius 3 is 1.61 bits per heavy atom. The van der Waals surface area contributed by atoms with E-state index in [0.717, 1.165) is 17.1 Å². The SMILES string of the molecule is Cc1cccc(N(c2ccc([Si](C)(C)C)c3ccccc23)c2cc3c(c4ccccc24)-c2ccc(N(c4ccccc4)c4ccccc4)cc2C3(C)C)c1. The highest BCUT2D eigenvalue weighted by molar-refractivity contribution is 6.90. The Kier molecular flexibility index (Phi) is 8.10. The summed E-state index contributed by atoms with van der Waals surface area (Å²) in [5, 5.41) is 6.68. The Morgan fingerprint density at radius 1 is 0.426 bits per heavy atom. The van der Waals surface area contributed by atoms with Crippen molar-refractivity contribution in [3.63, 3.8) is 0 Å². The molecule has 0 atom stereocenters. The van der Waals surface area contributed by atoms with Crippen LogP contribution in [-0.2, 0) is 5.41 Å². The lowest BCUT2D eigenvalue weighted by Gasteiger charge is -2.32. The third-order valence-electron chi connectivity index (χ3n) is 11.4. The number of aryl methyl sites for hydroxylation is 1. The van der Waals surface area contributed by atoms with Gasteiger partial charge in [0.1, 0.15) is 0 Å². The predicted octanol–water partition coefficient (Wildman–Crippen LogP) is 14.1. The van der Waals surface area contributed by atoms with Crippen molar-refractivity contribution >= 4 is 68.9 Å². The lowest BCUT2D eigenvalue weighted by Crippen LogP contribution is -2.38. The zero-order valence-corrected chi connectivity index (χ0v) is 33.1. The minimum absolute atomic E-state index is 0.249. The molecule has 0 saturated heterocycles. The van der Waals surface area contributed by atoms with Crippen LogP contribution in [0, 0.1) is 6.92 Å². The zero-order chi connectivity index (χ0) is 37.2. The normalized spacial score (nSPS) is 13.1. The summed E-state index contributed by atoms with van der Waals surface area (Å²) >= 11 is 0. The van der Waals surface area contributed by atoms with Crippen LogP contribution in [0.1, 0.15) is 30.5 Å². The largest absolute Gasteiger partial charge is 0.310 e. The van der Waals surface area contributed by atoms with Gasteiger partial charge in [0.2, 0.25) is 0 Å². The van der Waals surface area contributed by atoms with E-state index in [0.29, 0.717) is 0 Å². The lowest BCUT2D eigenvalue weighted by atomic mass is 9.81. The van der Waals surface area contributed by atoms with Crippen molar-refractivity contribution in [1.82, 2.24) is 0 Å². The Labute approximate surface area is 321 Å². The summed E-state index contributed by atoms with van der Waals surface area (Å²) in [7, 11) is -1.61. The van der Waals surface area contributed by atoms with Crippen LogP contribution >= 0.6 is 0 Å². The van der Waals surface area contributed by atoms with Crippen molar-refractivity contribution < 1.29 is 0 Å². The fraction of sp³-hybridized carbons (Fsp3) is 0.137. The number of hydrogen-bond donors (Lipinski definition) is 0. The van der Waals surface area contributed by atoms with Crippen LogP contribution in [0.15, 0.2) is 170 Å². The van der Waals surface area contributed by atoms with Crippen LogP contribution in [0.4, 0.5) is 34.1 Å². The van der Waals surface area contributed by atoms with E-state index >= 15 is 0 Å². The number of rotatable bonds is 7. The van der Waals surface area contributed by atoms with Gasteiger partial charge in [-0.15, -0.1) is 0 Å². The monoisotopic (exact) mass is 714 g/mol. The first-order chi connectivity index (χ1) is 26.1. The van der Waals surface area contributed by atoms with E-state index < -0.39 is 8.07 Å². The summed E-state index contributed by atoms with van der Waals surface area (Å²) in [5.74, 6) is 0. The van der Waals surface area contributed by atoms with Gasteiger partial charge in [0.15, 0.2) is 0 Å². The minimum Gasteiger partial charge on any atom is -0.310 e. The molecule has 8 aromatic carbocycles. The van der Waals surface area contributed by atoms with Crippen molar-refractivity contribution in [1.29, 1.82) is 0 Å². The minimum atomic E-state index is -1.61. The molecule has 1 aliphatic carbocycles. The zero-order valence-electron chi connectivity index (χ0n) is 32.1. The second-order valence-electron chi connectivity index (χ2n) is 16.3. The molecule has 3 heteroatoms. The highest BCUT2D eigenvalue weighted by atomic mass is 28.3. The van der Waals surface area contributed by atoms with Gasteiger partial charge in [0.25, 0.3) is 0 Å². The number of para-hydroxylation sites is 2. The molecule has 0 aromatic heterocycles. The molecule has 0 radical (unpaired) electrons. The Hall–Kier alpha value is -5.90. The Bertz CT molecular complexity index is 2650. The number of hydrogen-bond acceptors (Lipinski definition) is 2. The molecule has 0 heterocycles. The summed E-state index contributed by atoms with van der Waals surface area (Å²) in [6.45, 7) is 14.4. The Balaban J connectivity index is 1.29. The molecule has 54 heavy (non-hydrogen) atoms. The van der Waals surface area contributed by atoms with Gasteiger partial charge in [-0.05, 0) is 106 Å². The maximum Gasteiger partial charge on any atom is 0.0784 e. The highest BCUT2D eigenvalue weighted by Crippen LogP contribution is 2.56. The van der Waals surface area contributed by atoms with E-state index in [2.05, 4.69) is 220 Å².